The molecule has 0 fully saturated rings. The number of aliphatic imine (C=N–C) groups is 1. The van der Waals surface area contributed by atoms with Crippen LogP contribution in [-0.4, -0.2) is 32.3 Å². The van der Waals surface area contributed by atoms with E-state index in [2.05, 4.69) is 15.7 Å². The average Bonchev–Trinajstić information content (AvgIpc) is 2.16. The van der Waals surface area contributed by atoms with E-state index in [9.17, 15) is 0 Å². The van der Waals surface area contributed by atoms with Crippen molar-refractivity contribution in [1.82, 2.24) is 10.7 Å². The quantitative estimate of drug-likeness (QED) is 0.178. The van der Waals surface area contributed by atoms with Gasteiger partial charge >= 0.3 is 0 Å². The molecule has 78 valence electrons. The Hall–Kier alpha value is -0.810. The minimum atomic E-state index is 0.638. The molecule has 0 unspecified atom stereocenters. The van der Waals surface area contributed by atoms with Crippen molar-refractivity contribution < 1.29 is 4.74 Å². The minimum Gasteiger partial charge on any atom is -0.382 e. The minimum absolute atomic E-state index is 0.638. The zero-order valence-electron chi connectivity index (χ0n) is 8.47. The molecular weight excluding hydrogens is 168 g/mol. The number of rotatable bonds is 6. The van der Waals surface area contributed by atoms with E-state index in [1.807, 2.05) is 13.8 Å². The van der Waals surface area contributed by atoms with Gasteiger partial charge in [0.15, 0.2) is 0 Å². The van der Waals surface area contributed by atoms with Crippen molar-refractivity contribution in [2.24, 2.45) is 10.8 Å². The van der Waals surface area contributed by atoms with Crippen LogP contribution in [0.25, 0.3) is 0 Å². The second-order valence-corrected chi connectivity index (χ2v) is 2.46. The molecule has 0 rings (SSSR count). The normalized spacial score (nSPS) is 11.5. The Morgan fingerprint density at radius 1 is 1.46 bits per heavy atom. The maximum absolute atomic E-state index is 5.23. The summed E-state index contributed by atoms with van der Waals surface area (Å²) in [5.74, 6) is 5.86. The Bertz CT molecular complexity index is 138. The van der Waals surface area contributed by atoms with Crippen LogP contribution in [0.5, 0.6) is 0 Å². The van der Waals surface area contributed by atoms with Gasteiger partial charge < -0.3 is 10.1 Å². The second kappa shape index (κ2) is 9.28. The molecule has 0 saturated heterocycles. The summed E-state index contributed by atoms with van der Waals surface area (Å²) in [4.78, 5) is 4.19. The van der Waals surface area contributed by atoms with Gasteiger partial charge in [-0.3, -0.25) is 10.4 Å². The molecule has 0 atom stereocenters. The van der Waals surface area contributed by atoms with Crippen molar-refractivity contribution in [2.45, 2.75) is 20.3 Å². The van der Waals surface area contributed by atoms with E-state index in [0.29, 0.717) is 5.96 Å². The zero-order chi connectivity index (χ0) is 9.94. The van der Waals surface area contributed by atoms with Gasteiger partial charge in [-0.2, -0.15) is 0 Å². The molecule has 0 aromatic carbocycles. The van der Waals surface area contributed by atoms with Gasteiger partial charge in [0, 0.05) is 26.3 Å². The lowest BCUT2D eigenvalue weighted by Crippen LogP contribution is -2.41. The van der Waals surface area contributed by atoms with Crippen LogP contribution in [0.4, 0.5) is 0 Å². The number of nitrogens with two attached hydrogens (primary N) is 1. The van der Waals surface area contributed by atoms with Gasteiger partial charge in [0.1, 0.15) is 0 Å². The van der Waals surface area contributed by atoms with Crippen molar-refractivity contribution in [2.75, 3.05) is 26.3 Å². The fraction of sp³-hybridized carbons (Fsp3) is 0.875. The van der Waals surface area contributed by atoms with Gasteiger partial charge in [0.2, 0.25) is 5.96 Å². The molecule has 0 spiro atoms. The molecule has 0 aliphatic rings. The van der Waals surface area contributed by atoms with Crippen molar-refractivity contribution in [3.8, 4) is 0 Å². The topological polar surface area (TPSA) is 71.7 Å². The molecule has 0 aliphatic heterocycles. The lowest BCUT2D eigenvalue weighted by atomic mass is 10.4. The molecule has 0 amide bonds. The smallest absolute Gasteiger partial charge is 0.205 e. The van der Waals surface area contributed by atoms with Crippen LogP contribution in [-0.2, 0) is 4.74 Å². The Kier molecular flexibility index (Phi) is 8.70. The number of ether oxygens (including phenoxy) is 1. The van der Waals surface area contributed by atoms with Gasteiger partial charge in [-0.05, 0) is 20.3 Å². The Morgan fingerprint density at radius 2 is 2.23 bits per heavy atom. The summed E-state index contributed by atoms with van der Waals surface area (Å²) in [6.07, 6.45) is 0.921. The Balaban J connectivity index is 3.42. The molecule has 0 aliphatic carbocycles. The molecule has 13 heavy (non-hydrogen) atoms. The number of hydrazine groups is 1. The first-order valence-electron chi connectivity index (χ1n) is 4.67. The van der Waals surface area contributed by atoms with Gasteiger partial charge in [0.05, 0.1) is 0 Å². The van der Waals surface area contributed by atoms with E-state index in [0.717, 1.165) is 32.7 Å². The van der Waals surface area contributed by atoms with Crippen LogP contribution in [0, 0.1) is 0 Å². The van der Waals surface area contributed by atoms with Crippen LogP contribution in [0.1, 0.15) is 20.3 Å². The highest BCUT2D eigenvalue weighted by Crippen LogP contribution is 1.83. The Morgan fingerprint density at radius 3 is 2.77 bits per heavy atom. The number of hydrogen-bond acceptors (Lipinski definition) is 3. The van der Waals surface area contributed by atoms with Crippen molar-refractivity contribution in [3.05, 3.63) is 0 Å². The lowest BCUT2D eigenvalue weighted by molar-refractivity contribution is 0.146. The van der Waals surface area contributed by atoms with Crippen LogP contribution < -0.4 is 16.6 Å². The highest BCUT2D eigenvalue weighted by atomic mass is 16.5. The third-order valence-electron chi connectivity index (χ3n) is 1.40. The summed E-state index contributed by atoms with van der Waals surface area (Å²) in [7, 11) is 0. The van der Waals surface area contributed by atoms with Gasteiger partial charge in [-0.1, -0.05) is 0 Å². The molecule has 0 aromatic heterocycles. The molecule has 0 radical (unpaired) electrons. The molecule has 0 aromatic rings. The summed E-state index contributed by atoms with van der Waals surface area (Å²) in [6, 6.07) is 0. The van der Waals surface area contributed by atoms with E-state index in [1.54, 1.807) is 0 Å². The lowest BCUT2D eigenvalue weighted by Gasteiger charge is -2.06. The number of nitrogens with one attached hydrogen (secondary N) is 2. The average molecular weight is 188 g/mol. The van der Waals surface area contributed by atoms with E-state index in [1.165, 1.54) is 0 Å². The first-order chi connectivity index (χ1) is 6.35. The second-order valence-electron chi connectivity index (χ2n) is 2.46. The molecule has 5 nitrogen and oxygen atoms in total. The molecule has 0 saturated carbocycles. The number of guanidine groups is 1. The van der Waals surface area contributed by atoms with Crippen molar-refractivity contribution in [1.29, 1.82) is 0 Å². The van der Waals surface area contributed by atoms with Crippen LogP contribution >= 0.6 is 0 Å². The standard InChI is InChI=1S/C8H20N4O/c1-3-10-8(12-9)11-6-5-7-13-4-2/h3-7,9H2,1-2H3,(H2,10,11,12). The number of nitrogens with zero attached hydrogens (tertiary/aromatic N) is 1. The van der Waals surface area contributed by atoms with Crippen molar-refractivity contribution in [3.63, 3.8) is 0 Å². The zero-order valence-corrected chi connectivity index (χ0v) is 8.47. The highest BCUT2D eigenvalue weighted by Gasteiger charge is 1.91. The largest absolute Gasteiger partial charge is 0.382 e. The third kappa shape index (κ3) is 7.55. The summed E-state index contributed by atoms with van der Waals surface area (Å²) >= 11 is 0. The first-order valence-corrected chi connectivity index (χ1v) is 4.67. The summed E-state index contributed by atoms with van der Waals surface area (Å²) < 4.78 is 5.17. The molecule has 0 heterocycles. The SMILES string of the molecule is CCNC(=NCCCOCC)NN. The highest BCUT2D eigenvalue weighted by molar-refractivity contribution is 5.78. The summed E-state index contributed by atoms with van der Waals surface area (Å²) in [5, 5.41) is 3.00. The van der Waals surface area contributed by atoms with E-state index >= 15 is 0 Å². The maximum atomic E-state index is 5.23. The molecule has 4 N–H and O–H groups in total. The predicted molar refractivity (Wildman–Crippen MR) is 54.4 cm³/mol. The van der Waals surface area contributed by atoms with Crippen LogP contribution in [0.3, 0.4) is 0 Å². The summed E-state index contributed by atoms with van der Waals surface area (Å²) in [6.45, 7) is 7.03. The monoisotopic (exact) mass is 188 g/mol. The van der Waals surface area contributed by atoms with Crippen LogP contribution in [0.15, 0.2) is 4.99 Å². The van der Waals surface area contributed by atoms with Gasteiger partial charge in [-0.15, -0.1) is 0 Å². The van der Waals surface area contributed by atoms with E-state index in [-0.39, 0.29) is 0 Å². The van der Waals surface area contributed by atoms with Crippen LogP contribution in [0.2, 0.25) is 0 Å². The van der Waals surface area contributed by atoms with Crippen molar-refractivity contribution >= 4 is 5.96 Å². The van der Waals surface area contributed by atoms with E-state index < -0.39 is 0 Å². The fourth-order valence-corrected chi connectivity index (χ4v) is 0.822. The molecule has 0 bridgehead atoms. The Labute approximate surface area is 79.7 Å². The maximum Gasteiger partial charge on any atom is 0.205 e. The first kappa shape index (κ1) is 12.2. The van der Waals surface area contributed by atoms with E-state index in [4.69, 9.17) is 10.6 Å². The number of hydrogen-bond donors (Lipinski definition) is 3. The third-order valence-corrected chi connectivity index (χ3v) is 1.40. The van der Waals surface area contributed by atoms with Gasteiger partial charge in [0.25, 0.3) is 0 Å². The predicted octanol–water partition coefficient (Wildman–Crippen LogP) is -0.158. The fourth-order valence-electron chi connectivity index (χ4n) is 0.822. The molecular formula is C8H20N4O. The summed E-state index contributed by atoms with van der Waals surface area (Å²) in [5.41, 5.74) is 2.49. The molecule has 5 heteroatoms. The van der Waals surface area contributed by atoms with Gasteiger partial charge in [-0.25, -0.2) is 5.84 Å².